The number of para-hydroxylation sites is 1. The van der Waals surface area contributed by atoms with Crippen molar-refractivity contribution in [2.75, 3.05) is 10.6 Å². The topological polar surface area (TPSA) is 96.3 Å². The molecule has 0 unspecified atom stereocenters. The highest BCUT2D eigenvalue weighted by atomic mass is 19.1. The van der Waals surface area contributed by atoms with Crippen LogP contribution in [-0.2, 0) is 11.3 Å². The minimum absolute atomic E-state index is 0.0907. The van der Waals surface area contributed by atoms with E-state index >= 15 is 0 Å². The molecular formula is C13H13FN4O3. The van der Waals surface area contributed by atoms with Crippen LogP contribution in [0.3, 0.4) is 0 Å². The lowest BCUT2D eigenvalue weighted by Gasteiger charge is -2.09. The third kappa shape index (κ3) is 3.78. The summed E-state index contributed by atoms with van der Waals surface area (Å²) in [5.41, 5.74) is 0.988. The monoisotopic (exact) mass is 292 g/mol. The Balaban J connectivity index is 2.02. The summed E-state index contributed by atoms with van der Waals surface area (Å²) >= 11 is 0. The zero-order valence-electron chi connectivity index (χ0n) is 11.1. The molecule has 1 aromatic carbocycles. The lowest BCUT2D eigenvalue weighted by Crippen LogP contribution is -2.20. The molecule has 0 aliphatic heterocycles. The smallest absolute Gasteiger partial charge is 0.325 e. The second-order valence-electron chi connectivity index (χ2n) is 4.33. The molecule has 3 N–H and O–H groups in total. The van der Waals surface area contributed by atoms with Crippen LogP contribution in [0.25, 0.3) is 0 Å². The number of benzene rings is 1. The van der Waals surface area contributed by atoms with E-state index in [4.69, 9.17) is 5.11 Å². The minimum Gasteiger partial charge on any atom is -0.480 e. The van der Waals surface area contributed by atoms with E-state index < -0.39 is 17.8 Å². The summed E-state index contributed by atoms with van der Waals surface area (Å²) < 4.78 is 14.7. The molecule has 2 amide bonds. The molecule has 2 aromatic rings. The van der Waals surface area contributed by atoms with Crippen molar-refractivity contribution in [1.82, 2.24) is 9.78 Å². The molecule has 1 heterocycles. The summed E-state index contributed by atoms with van der Waals surface area (Å²) in [4.78, 5) is 22.3. The van der Waals surface area contributed by atoms with Gasteiger partial charge in [-0.3, -0.25) is 9.48 Å². The van der Waals surface area contributed by atoms with E-state index in [1.165, 1.54) is 18.5 Å². The number of hydrogen-bond donors (Lipinski definition) is 3. The van der Waals surface area contributed by atoms with Gasteiger partial charge in [-0.1, -0.05) is 12.1 Å². The van der Waals surface area contributed by atoms with E-state index in [9.17, 15) is 14.0 Å². The van der Waals surface area contributed by atoms with Crippen molar-refractivity contribution in [3.05, 3.63) is 42.0 Å². The molecule has 0 saturated heterocycles. The number of rotatable bonds is 4. The number of aliphatic carboxylic acids is 1. The van der Waals surface area contributed by atoms with Gasteiger partial charge in [0, 0.05) is 6.20 Å². The number of amides is 2. The summed E-state index contributed by atoms with van der Waals surface area (Å²) in [6.07, 6.45) is 2.67. The number of carboxylic acid groups (broad SMARTS) is 1. The second-order valence-corrected chi connectivity index (χ2v) is 4.33. The maximum atomic E-state index is 13.6. The number of nitrogens with zero attached hydrogens (tertiary/aromatic N) is 2. The molecule has 2 rings (SSSR count). The fourth-order valence-electron chi connectivity index (χ4n) is 1.72. The Morgan fingerprint density at radius 1 is 1.38 bits per heavy atom. The van der Waals surface area contributed by atoms with Crippen LogP contribution in [0.1, 0.15) is 5.56 Å². The van der Waals surface area contributed by atoms with Gasteiger partial charge < -0.3 is 15.7 Å². The highest BCUT2D eigenvalue weighted by Gasteiger charge is 2.10. The number of carbonyl (C=O) groups is 2. The number of aryl methyl sites for hydroxylation is 1. The molecule has 110 valence electrons. The van der Waals surface area contributed by atoms with E-state index in [0.717, 1.165) is 4.68 Å². The second kappa shape index (κ2) is 6.04. The lowest BCUT2D eigenvalue weighted by atomic mass is 10.2. The average Bonchev–Trinajstić information content (AvgIpc) is 2.80. The average molecular weight is 292 g/mol. The van der Waals surface area contributed by atoms with Crippen LogP contribution in [0, 0.1) is 12.7 Å². The normalized spacial score (nSPS) is 10.2. The quantitative estimate of drug-likeness (QED) is 0.803. The Labute approximate surface area is 119 Å². The zero-order valence-corrected chi connectivity index (χ0v) is 11.1. The molecule has 0 spiro atoms. The molecule has 7 nitrogen and oxygen atoms in total. The van der Waals surface area contributed by atoms with Gasteiger partial charge >= 0.3 is 12.0 Å². The molecule has 0 aliphatic rings. The van der Waals surface area contributed by atoms with E-state index in [0.29, 0.717) is 11.3 Å². The van der Waals surface area contributed by atoms with Crippen molar-refractivity contribution in [3.8, 4) is 0 Å². The van der Waals surface area contributed by atoms with Crippen molar-refractivity contribution in [1.29, 1.82) is 0 Å². The highest BCUT2D eigenvalue weighted by Crippen LogP contribution is 2.19. The molecule has 0 atom stereocenters. The van der Waals surface area contributed by atoms with Crippen LogP contribution in [-0.4, -0.2) is 26.9 Å². The van der Waals surface area contributed by atoms with Gasteiger partial charge in [0.1, 0.15) is 12.4 Å². The lowest BCUT2D eigenvalue weighted by molar-refractivity contribution is -0.137. The maximum Gasteiger partial charge on any atom is 0.325 e. The standard InChI is InChI=1S/C13H13FN4O3/c1-8-3-2-4-10(14)12(8)17-13(21)16-9-5-15-18(6-9)7-11(19)20/h2-6H,7H2,1H3,(H,19,20)(H2,16,17,21). The van der Waals surface area contributed by atoms with Crippen LogP contribution < -0.4 is 10.6 Å². The first kappa shape index (κ1) is 14.5. The van der Waals surface area contributed by atoms with Crippen LogP contribution in [0.15, 0.2) is 30.6 Å². The van der Waals surface area contributed by atoms with Crippen LogP contribution >= 0.6 is 0 Å². The number of aromatic nitrogens is 2. The molecule has 0 fully saturated rings. The Kier molecular flexibility index (Phi) is 4.17. The first-order chi connectivity index (χ1) is 9.95. The summed E-state index contributed by atoms with van der Waals surface area (Å²) in [5.74, 6) is -1.58. The van der Waals surface area contributed by atoms with Crippen LogP contribution in [0.5, 0.6) is 0 Å². The molecule has 8 heteroatoms. The van der Waals surface area contributed by atoms with Crippen LogP contribution in [0.4, 0.5) is 20.6 Å². The number of hydrogen-bond acceptors (Lipinski definition) is 3. The molecule has 0 bridgehead atoms. The molecule has 1 aromatic heterocycles. The number of carboxylic acids is 1. The van der Waals surface area contributed by atoms with Crippen molar-refractivity contribution in [2.45, 2.75) is 13.5 Å². The third-order valence-electron chi connectivity index (χ3n) is 2.65. The highest BCUT2D eigenvalue weighted by molar-refractivity contribution is 6.00. The van der Waals surface area contributed by atoms with Gasteiger partial charge in [-0.25, -0.2) is 9.18 Å². The van der Waals surface area contributed by atoms with E-state index in [1.807, 2.05) is 0 Å². The summed E-state index contributed by atoms with van der Waals surface area (Å²) in [6.45, 7) is 1.36. The van der Waals surface area contributed by atoms with E-state index in [-0.39, 0.29) is 12.2 Å². The summed E-state index contributed by atoms with van der Waals surface area (Å²) in [7, 11) is 0. The fourth-order valence-corrected chi connectivity index (χ4v) is 1.72. The SMILES string of the molecule is Cc1cccc(F)c1NC(=O)Nc1cnn(CC(=O)O)c1. The van der Waals surface area contributed by atoms with Gasteiger partial charge in [0.05, 0.1) is 17.6 Å². The Morgan fingerprint density at radius 2 is 2.14 bits per heavy atom. The Hall–Kier alpha value is -2.90. The maximum absolute atomic E-state index is 13.6. The first-order valence-electron chi connectivity index (χ1n) is 6.03. The van der Waals surface area contributed by atoms with Crippen molar-refractivity contribution in [2.24, 2.45) is 0 Å². The number of carbonyl (C=O) groups excluding carboxylic acids is 1. The fraction of sp³-hybridized carbons (Fsp3) is 0.154. The number of nitrogens with one attached hydrogen (secondary N) is 2. The number of urea groups is 1. The van der Waals surface area contributed by atoms with Crippen molar-refractivity contribution >= 4 is 23.4 Å². The Bertz CT molecular complexity index is 664. The van der Waals surface area contributed by atoms with Gasteiger partial charge in [0.25, 0.3) is 0 Å². The largest absolute Gasteiger partial charge is 0.480 e. The molecule has 0 radical (unpaired) electrons. The van der Waals surface area contributed by atoms with Gasteiger partial charge in [0.15, 0.2) is 0 Å². The van der Waals surface area contributed by atoms with Crippen molar-refractivity contribution < 1.29 is 19.1 Å². The van der Waals surface area contributed by atoms with E-state index in [2.05, 4.69) is 15.7 Å². The molecule has 21 heavy (non-hydrogen) atoms. The Morgan fingerprint density at radius 3 is 2.81 bits per heavy atom. The summed E-state index contributed by atoms with van der Waals surface area (Å²) in [6, 6.07) is 3.82. The molecule has 0 saturated carbocycles. The predicted octanol–water partition coefficient (Wildman–Crippen LogP) is 2.06. The summed E-state index contributed by atoms with van der Waals surface area (Å²) in [5, 5.41) is 17.2. The molecular weight excluding hydrogens is 279 g/mol. The van der Waals surface area contributed by atoms with E-state index in [1.54, 1.807) is 19.1 Å². The van der Waals surface area contributed by atoms with Crippen molar-refractivity contribution in [3.63, 3.8) is 0 Å². The third-order valence-corrected chi connectivity index (χ3v) is 2.65. The zero-order chi connectivity index (χ0) is 15.4. The van der Waals surface area contributed by atoms with Gasteiger partial charge in [0.2, 0.25) is 0 Å². The first-order valence-corrected chi connectivity index (χ1v) is 6.03. The number of anilines is 2. The minimum atomic E-state index is -1.05. The van der Waals surface area contributed by atoms with Gasteiger partial charge in [-0.2, -0.15) is 5.10 Å². The molecule has 0 aliphatic carbocycles. The van der Waals surface area contributed by atoms with Gasteiger partial charge in [-0.05, 0) is 18.6 Å². The predicted molar refractivity (Wildman–Crippen MR) is 73.6 cm³/mol. The van der Waals surface area contributed by atoms with Gasteiger partial charge in [-0.15, -0.1) is 0 Å². The number of halogens is 1. The van der Waals surface area contributed by atoms with Crippen LogP contribution in [0.2, 0.25) is 0 Å².